The zero-order valence-electron chi connectivity index (χ0n) is 12.5. The second kappa shape index (κ2) is 6.91. The second-order valence-corrected chi connectivity index (χ2v) is 6.16. The minimum Gasteiger partial charge on any atom is -0.450 e. The summed E-state index contributed by atoms with van der Waals surface area (Å²) in [6, 6.07) is 1.97. The highest BCUT2D eigenvalue weighted by molar-refractivity contribution is 7.08. The molecule has 7 heteroatoms. The molecule has 1 saturated heterocycles. The SMILES string of the molecule is CCOC(=O)N1CCC[C@@H](Cc2nc(-c3ccsc3)no2)C1. The van der Waals surface area contributed by atoms with E-state index in [0.29, 0.717) is 37.2 Å². The number of likely N-dealkylation sites (tertiary alicyclic amines) is 1. The van der Waals surface area contributed by atoms with Gasteiger partial charge in [0.1, 0.15) is 0 Å². The summed E-state index contributed by atoms with van der Waals surface area (Å²) in [6.07, 6.45) is 2.52. The molecule has 1 aliphatic rings. The summed E-state index contributed by atoms with van der Waals surface area (Å²) >= 11 is 1.61. The highest BCUT2D eigenvalue weighted by Crippen LogP contribution is 2.23. The maximum atomic E-state index is 11.8. The van der Waals surface area contributed by atoms with Crippen LogP contribution in [0.5, 0.6) is 0 Å². The van der Waals surface area contributed by atoms with Gasteiger partial charge in [-0.3, -0.25) is 0 Å². The molecule has 0 spiro atoms. The van der Waals surface area contributed by atoms with E-state index in [1.54, 1.807) is 16.2 Å². The van der Waals surface area contributed by atoms with E-state index in [0.717, 1.165) is 24.9 Å². The Balaban J connectivity index is 1.60. The quantitative estimate of drug-likeness (QED) is 0.865. The summed E-state index contributed by atoms with van der Waals surface area (Å²) in [4.78, 5) is 18.0. The minimum absolute atomic E-state index is 0.225. The molecule has 1 fully saturated rings. The number of hydrogen-bond acceptors (Lipinski definition) is 6. The largest absolute Gasteiger partial charge is 0.450 e. The average molecular weight is 321 g/mol. The third-order valence-electron chi connectivity index (χ3n) is 3.76. The van der Waals surface area contributed by atoms with Gasteiger partial charge in [0.15, 0.2) is 0 Å². The third kappa shape index (κ3) is 3.47. The van der Waals surface area contributed by atoms with Crippen LogP contribution < -0.4 is 0 Å². The fraction of sp³-hybridized carbons (Fsp3) is 0.533. The lowest BCUT2D eigenvalue weighted by Gasteiger charge is -2.31. The van der Waals surface area contributed by atoms with Crippen LogP contribution in [-0.2, 0) is 11.2 Å². The van der Waals surface area contributed by atoms with Crippen LogP contribution in [0.3, 0.4) is 0 Å². The molecule has 1 amide bonds. The van der Waals surface area contributed by atoms with E-state index < -0.39 is 0 Å². The summed E-state index contributed by atoms with van der Waals surface area (Å²) in [7, 11) is 0. The first kappa shape index (κ1) is 15.0. The molecular weight excluding hydrogens is 302 g/mol. The molecule has 2 aromatic rings. The van der Waals surface area contributed by atoms with Crippen molar-refractivity contribution in [1.82, 2.24) is 15.0 Å². The van der Waals surface area contributed by atoms with Crippen LogP contribution in [0.25, 0.3) is 11.4 Å². The lowest BCUT2D eigenvalue weighted by Crippen LogP contribution is -2.40. The van der Waals surface area contributed by atoms with Crippen LogP contribution in [0.4, 0.5) is 4.79 Å². The first-order valence-corrected chi connectivity index (χ1v) is 8.47. The van der Waals surface area contributed by atoms with Crippen LogP contribution in [-0.4, -0.2) is 40.8 Å². The van der Waals surface area contributed by atoms with Crippen molar-refractivity contribution in [3.05, 3.63) is 22.7 Å². The molecule has 3 heterocycles. The molecule has 6 nitrogen and oxygen atoms in total. The first-order valence-electron chi connectivity index (χ1n) is 7.53. The average Bonchev–Trinajstić information content (AvgIpc) is 3.18. The minimum atomic E-state index is -0.225. The number of aromatic nitrogens is 2. The van der Waals surface area contributed by atoms with E-state index in [9.17, 15) is 4.79 Å². The molecule has 3 rings (SSSR count). The smallest absolute Gasteiger partial charge is 0.409 e. The topological polar surface area (TPSA) is 68.5 Å². The lowest BCUT2D eigenvalue weighted by atomic mass is 9.95. The van der Waals surface area contributed by atoms with Crippen molar-refractivity contribution in [3.8, 4) is 11.4 Å². The van der Waals surface area contributed by atoms with Crippen molar-refractivity contribution in [2.75, 3.05) is 19.7 Å². The van der Waals surface area contributed by atoms with Crippen LogP contribution in [0, 0.1) is 5.92 Å². The Kier molecular flexibility index (Phi) is 4.72. The molecule has 0 radical (unpaired) electrons. The highest BCUT2D eigenvalue weighted by Gasteiger charge is 2.26. The molecule has 1 atom stereocenters. The molecule has 1 aliphatic heterocycles. The van der Waals surface area contributed by atoms with Crippen LogP contribution in [0.1, 0.15) is 25.7 Å². The van der Waals surface area contributed by atoms with E-state index in [1.807, 2.05) is 23.8 Å². The first-order chi connectivity index (χ1) is 10.8. The van der Waals surface area contributed by atoms with Gasteiger partial charge in [0, 0.05) is 30.5 Å². The van der Waals surface area contributed by atoms with Gasteiger partial charge in [-0.2, -0.15) is 16.3 Å². The molecular formula is C15H19N3O3S. The number of thiophene rings is 1. The van der Waals surface area contributed by atoms with E-state index >= 15 is 0 Å². The Hall–Kier alpha value is -1.89. The molecule has 0 bridgehead atoms. The number of piperidine rings is 1. The Morgan fingerprint density at radius 1 is 1.59 bits per heavy atom. The van der Waals surface area contributed by atoms with Crippen molar-refractivity contribution in [1.29, 1.82) is 0 Å². The van der Waals surface area contributed by atoms with Gasteiger partial charge >= 0.3 is 6.09 Å². The highest BCUT2D eigenvalue weighted by atomic mass is 32.1. The summed E-state index contributed by atoms with van der Waals surface area (Å²) in [5, 5.41) is 8.01. The maximum absolute atomic E-state index is 11.8. The Bertz CT molecular complexity index is 611. The predicted octanol–water partition coefficient (Wildman–Crippen LogP) is 3.21. The van der Waals surface area contributed by atoms with Crippen LogP contribution in [0.15, 0.2) is 21.3 Å². The predicted molar refractivity (Wildman–Crippen MR) is 82.6 cm³/mol. The normalized spacial score (nSPS) is 18.4. The number of hydrogen-bond donors (Lipinski definition) is 0. The van der Waals surface area contributed by atoms with Gasteiger partial charge in [-0.1, -0.05) is 5.16 Å². The van der Waals surface area contributed by atoms with E-state index in [2.05, 4.69) is 10.1 Å². The van der Waals surface area contributed by atoms with E-state index in [4.69, 9.17) is 9.26 Å². The molecule has 0 N–H and O–H groups in total. The van der Waals surface area contributed by atoms with Gasteiger partial charge in [0.25, 0.3) is 0 Å². The van der Waals surface area contributed by atoms with Crippen molar-refractivity contribution < 1.29 is 14.1 Å². The fourth-order valence-electron chi connectivity index (χ4n) is 2.71. The van der Waals surface area contributed by atoms with Crippen molar-refractivity contribution in [2.45, 2.75) is 26.2 Å². The van der Waals surface area contributed by atoms with E-state index in [1.165, 1.54) is 0 Å². The monoisotopic (exact) mass is 321 g/mol. The van der Waals surface area contributed by atoms with Gasteiger partial charge in [-0.05, 0) is 37.1 Å². The second-order valence-electron chi connectivity index (χ2n) is 5.38. The molecule has 22 heavy (non-hydrogen) atoms. The molecule has 0 unspecified atom stereocenters. The number of ether oxygens (including phenoxy) is 1. The Labute approximate surface area is 133 Å². The zero-order valence-corrected chi connectivity index (χ0v) is 13.3. The number of amides is 1. The van der Waals surface area contributed by atoms with Crippen molar-refractivity contribution in [3.63, 3.8) is 0 Å². The summed E-state index contributed by atoms with van der Waals surface area (Å²) in [6.45, 7) is 3.69. The lowest BCUT2D eigenvalue weighted by molar-refractivity contribution is 0.0871. The standard InChI is InChI=1S/C15H19N3O3S/c1-2-20-15(19)18-6-3-4-11(9-18)8-13-16-14(17-21-13)12-5-7-22-10-12/h5,7,10-11H,2-4,6,8-9H2,1H3/t11-/m0/s1. The van der Waals surface area contributed by atoms with Crippen LogP contribution in [0.2, 0.25) is 0 Å². The summed E-state index contributed by atoms with van der Waals surface area (Å²) in [5.74, 6) is 1.61. The van der Waals surface area contributed by atoms with Crippen molar-refractivity contribution in [2.24, 2.45) is 5.92 Å². The van der Waals surface area contributed by atoms with Gasteiger partial charge in [0.2, 0.25) is 11.7 Å². The molecule has 0 aromatic carbocycles. The van der Waals surface area contributed by atoms with E-state index in [-0.39, 0.29) is 6.09 Å². The van der Waals surface area contributed by atoms with Gasteiger partial charge in [0.05, 0.1) is 6.61 Å². The summed E-state index contributed by atoms with van der Waals surface area (Å²) < 4.78 is 10.4. The number of rotatable bonds is 4. The van der Waals surface area contributed by atoms with Gasteiger partial charge in [-0.25, -0.2) is 4.79 Å². The zero-order chi connectivity index (χ0) is 15.4. The number of carbonyl (C=O) groups is 1. The maximum Gasteiger partial charge on any atom is 0.409 e. The fourth-order valence-corrected chi connectivity index (χ4v) is 3.34. The molecule has 0 aliphatic carbocycles. The van der Waals surface area contributed by atoms with Gasteiger partial charge in [-0.15, -0.1) is 0 Å². The third-order valence-corrected chi connectivity index (χ3v) is 4.44. The van der Waals surface area contributed by atoms with Gasteiger partial charge < -0.3 is 14.2 Å². The Morgan fingerprint density at radius 2 is 2.50 bits per heavy atom. The van der Waals surface area contributed by atoms with Crippen LogP contribution >= 0.6 is 11.3 Å². The Morgan fingerprint density at radius 3 is 3.27 bits per heavy atom. The summed E-state index contributed by atoms with van der Waals surface area (Å²) in [5.41, 5.74) is 0.983. The number of carbonyl (C=O) groups excluding carboxylic acids is 1. The number of nitrogens with zero attached hydrogens (tertiary/aromatic N) is 3. The molecule has 118 valence electrons. The molecule has 0 saturated carbocycles. The van der Waals surface area contributed by atoms with Crippen molar-refractivity contribution >= 4 is 17.4 Å². The molecule has 2 aromatic heterocycles.